The first-order valence-corrected chi connectivity index (χ1v) is 8.79. The predicted octanol–water partition coefficient (Wildman–Crippen LogP) is 2.08. The summed E-state index contributed by atoms with van der Waals surface area (Å²) in [5.41, 5.74) is 1.64. The van der Waals surface area contributed by atoms with Gasteiger partial charge in [-0.3, -0.25) is 4.79 Å². The highest BCUT2D eigenvalue weighted by molar-refractivity contribution is 5.87. The summed E-state index contributed by atoms with van der Waals surface area (Å²) in [4.78, 5) is 38.5. The maximum atomic E-state index is 13.3. The summed E-state index contributed by atoms with van der Waals surface area (Å²) in [5.74, 6) is -1.55. The normalized spacial score (nSPS) is 14.1. The van der Waals surface area contributed by atoms with Crippen LogP contribution in [0.2, 0.25) is 0 Å². The van der Waals surface area contributed by atoms with Crippen molar-refractivity contribution in [1.29, 1.82) is 0 Å². The number of carboxylic acids is 1. The molecule has 0 spiro atoms. The molecule has 2 N–H and O–H groups in total. The molecular weight excluding hydrogens is 365 g/mol. The van der Waals surface area contributed by atoms with Crippen LogP contribution in [-0.4, -0.2) is 52.4 Å². The molecule has 3 rings (SSSR count). The van der Waals surface area contributed by atoms with Crippen LogP contribution in [0.1, 0.15) is 21.5 Å². The molecule has 2 aromatic carbocycles. The number of carbonyl (C=O) groups is 3. The van der Waals surface area contributed by atoms with Crippen molar-refractivity contribution >= 4 is 17.9 Å². The lowest BCUT2D eigenvalue weighted by atomic mass is 10.1. The van der Waals surface area contributed by atoms with E-state index < -0.39 is 5.97 Å². The Kier molecular flexibility index (Phi) is 5.88. The highest BCUT2D eigenvalue weighted by Crippen LogP contribution is 2.11. The molecule has 0 atom stereocenters. The van der Waals surface area contributed by atoms with Crippen molar-refractivity contribution in [2.24, 2.45) is 0 Å². The van der Waals surface area contributed by atoms with Gasteiger partial charge in [-0.25, -0.2) is 14.0 Å². The topological polar surface area (TPSA) is 89.9 Å². The van der Waals surface area contributed by atoms with Crippen molar-refractivity contribution in [2.75, 3.05) is 19.6 Å². The first-order valence-electron chi connectivity index (χ1n) is 8.79. The van der Waals surface area contributed by atoms with E-state index in [2.05, 4.69) is 5.32 Å². The number of carboxylic acid groups (broad SMARTS) is 1. The molecule has 1 saturated heterocycles. The van der Waals surface area contributed by atoms with Gasteiger partial charge in [0.25, 0.3) is 0 Å². The third kappa shape index (κ3) is 4.85. The maximum absolute atomic E-state index is 13.3. The van der Waals surface area contributed by atoms with Crippen LogP contribution < -0.4 is 5.32 Å². The monoisotopic (exact) mass is 385 g/mol. The van der Waals surface area contributed by atoms with Crippen LogP contribution in [0.15, 0.2) is 48.5 Å². The smallest absolute Gasteiger partial charge is 0.335 e. The minimum Gasteiger partial charge on any atom is -0.478 e. The number of rotatable bonds is 5. The van der Waals surface area contributed by atoms with Crippen LogP contribution in [-0.2, 0) is 17.9 Å². The number of carbonyl (C=O) groups excluding carboxylic acids is 2. The number of halogens is 1. The summed E-state index contributed by atoms with van der Waals surface area (Å²) in [6, 6.07) is 11.9. The number of nitrogens with one attached hydrogen (secondary N) is 1. The number of amides is 3. The standard InChI is InChI=1S/C20H20FN3O4/c21-17-3-1-2-15(10-17)12-23-8-9-24(13-18(23)25)20(28)22-11-14-4-6-16(7-5-14)19(26)27/h1-7,10H,8-9,11-13H2,(H,22,28)(H,26,27). The zero-order valence-corrected chi connectivity index (χ0v) is 15.1. The Balaban J connectivity index is 1.49. The van der Waals surface area contributed by atoms with Crippen LogP contribution in [0.3, 0.4) is 0 Å². The average molecular weight is 385 g/mol. The zero-order chi connectivity index (χ0) is 20.1. The first-order chi connectivity index (χ1) is 13.4. The van der Waals surface area contributed by atoms with Gasteiger partial charge < -0.3 is 20.2 Å². The fraction of sp³-hybridized carbons (Fsp3) is 0.250. The molecule has 28 heavy (non-hydrogen) atoms. The number of piperazine rings is 1. The van der Waals surface area contributed by atoms with E-state index in [1.54, 1.807) is 29.2 Å². The van der Waals surface area contributed by atoms with Crippen molar-refractivity contribution < 1.29 is 23.9 Å². The Labute approximate surface area is 161 Å². The Morgan fingerprint density at radius 3 is 2.46 bits per heavy atom. The fourth-order valence-electron chi connectivity index (χ4n) is 2.96. The summed E-state index contributed by atoms with van der Waals surface area (Å²) in [6.45, 7) is 1.25. The highest BCUT2D eigenvalue weighted by Gasteiger charge is 2.27. The van der Waals surface area contributed by atoms with E-state index in [0.717, 1.165) is 5.56 Å². The quantitative estimate of drug-likeness (QED) is 0.825. The lowest BCUT2D eigenvalue weighted by Gasteiger charge is -2.34. The number of aromatic carboxylic acids is 1. The van der Waals surface area contributed by atoms with E-state index >= 15 is 0 Å². The molecular formula is C20H20FN3O4. The molecule has 1 aliphatic rings. The predicted molar refractivity (Wildman–Crippen MR) is 99.0 cm³/mol. The summed E-state index contributed by atoms with van der Waals surface area (Å²) in [7, 11) is 0. The van der Waals surface area contributed by atoms with Gasteiger partial charge in [0, 0.05) is 26.2 Å². The minimum absolute atomic E-state index is 0.0426. The third-order valence-electron chi connectivity index (χ3n) is 4.51. The van der Waals surface area contributed by atoms with Crippen LogP contribution in [0.5, 0.6) is 0 Å². The summed E-state index contributed by atoms with van der Waals surface area (Å²) >= 11 is 0. The highest BCUT2D eigenvalue weighted by atomic mass is 19.1. The van der Waals surface area contributed by atoms with Crippen LogP contribution in [0.4, 0.5) is 9.18 Å². The Morgan fingerprint density at radius 2 is 1.82 bits per heavy atom. The van der Waals surface area contributed by atoms with Crippen molar-refractivity contribution in [3.8, 4) is 0 Å². The van der Waals surface area contributed by atoms with E-state index in [1.165, 1.54) is 29.2 Å². The summed E-state index contributed by atoms with van der Waals surface area (Å²) in [6.07, 6.45) is 0. The van der Waals surface area contributed by atoms with Gasteiger partial charge in [-0.05, 0) is 35.4 Å². The Hall–Kier alpha value is -3.42. The summed E-state index contributed by atoms with van der Waals surface area (Å²) < 4.78 is 13.3. The van der Waals surface area contributed by atoms with Gasteiger partial charge in [0.05, 0.1) is 5.56 Å². The molecule has 3 amide bonds. The molecule has 7 nitrogen and oxygen atoms in total. The molecule has 0 unspecified atom stereocenters. The van der Waals surface area contributed by atoms with Crippen molar-refractivity contribution in [1.82, 2.24) is 15.1 Å². The van der Waals surface area contributed by atoms with Gasteiger partial charge in [0.15, 0.2) is 0 Å². The Morgan fingerprint density at radius 1 is 1.07 bits per heavy atom. The summed E-state index contributed by atoms with van der Waals surface area (Å²) in [5, 5.41) is 11.6. The number of hydrogen-bond donors (Lipinski definition) is 2. The largest absolute Gasteiger partial charge is 0.478 e. The molecule has 0 radical (unpaired) electrons. The van der Waals surface area contributed by atoms with Gasteiger partial charge in [0.2, 0.25) is 5.91 Å². The molecule has 8 heteroatoms. The number of urea groups is 1. The lowest BCUT2D eigenvalue weighted by molar-refractivity contribution is -0.135. The molecule has 146 valence electrons. The zero-order valence-electron chi connectivity index (χ0n) is 15.1. The van der Waals surface area contributed by atoms with Gasteiger partial charge >= 0.3 is 12.0 Å². The molecule has 0 aliphatic carbocycles. The molecule has 2 aromatic rings. The second-order valence-corrected chi connectivity index (χ2v) is 6.53. The van der Waals surface area contributed by atoms with Gasteiger partial charge in [0.1, 0.15) is 12.4 Å². The van der Waals surface area contributed by atoms with E-state index in [0.29, 0.717) is 25.2 Å². The number of hydrogen-bond acceptors (Lipinski definition) is 3. The molecule has 0 bridgehead atoms. The second-order valence-electron chi connectivity index (χ2n) is 6.53. The van der Waals surface area contributed by atoms with Crippen molar-refractivity contribution in [2.45, 2.75) is 13.1 Å². The number of nitrogens with zero attached hydrogens (tertiary/aromatic N) is 2. The molecule has 0 aromatic heterocycles. The van der Waals surface area contributed by atoms with Crippen LogP contribution >= 0.6 is 0 Å². The second kappa shape index (κ2) is 8.51. The minimum atomic E-state index is -1.01. The molecule has 0 saturated carbocycles. The lowest BCUT2D eigenvalue weighted by Crippen LogP contribution is -2.54. The van der Waals surface area contributed by atoms with Gasteiger partial charge in [-0.1, -0.05) is 24.3 Å². The van der Waals surface area contributed by atoms with Gasteiger partial charge in [-0.2, -0.15) is 0 Å². The average Bonchev–Trinajstić information content (AvgIpc) is 2.68. The molecule has 1 heterocycles. The molecule has 1 fully saturated rings. The first kappa shape index (κ1) is 19.3. The van der Waals surface area contributed by atoms with E-state index in [9.17, 15) is 18.8 Å². The van der Waals surface area contributed by atoms with Crippen molar-refractivity contribution in [3.63, 3.8) is 0 Å². The van der Waals surface area contributed by atoms with E-state index in [-0.39, 0.29) is 36.4 Å². The Bertz CT molecular complexity index is 885. The van der Waals surface area contributed by atoms with E-state index in [4.69, 9.17) is 5.11 Å². The SMILES string of the molecule is O=C(O)c1ccc(CNC(=O)N2CCN(Cc3cccc(F)c3)C(=O)C2)cc1. The fourth-order valence-corrected chi connectivity index (χ4v) is 2.96. The molecule has 1 aliphatic heterocycles. The number of benzene rings is 2. The van der Waals surface area contributed by atoms with Gasteiger partial charge in [-0.15, -0.1) is 0 Å². The third-order valence-corrected chi connectivity index (χ3v) is 4.51. The van der Waals surface area contributed by atoms with E-state index in [1.807, 2.05) is 0 Å². The van der Waals surface area contributed by atoms with Crippen LogP contribution in [0.25, 0.3) is 0 Å². The maximum Gasteiger partial charge on any atom is 0.335 e. The van der Waals surface area contributed by atoms with Crippen LogP contribution in [0, 0.1) is 5.82 Å². The van der Waals surface area contributed by atoms with Crippen molar-refractivity contribution in [3.05, 3.63) is 71.0 Å².